The molecule has 0 spiro atoms. The number of aryl methyl sites for hydroxylation is 1. The normalized spacial score (nSPS) is 15.2. The number of ether oxygens (including phenoxy) is 2. The van der Waals surface area contributed by atoms with Crippen LogP contribution in [0.4, 0.5) is 0 Å². The Balaban J connectivity index is 0.00000312. The third-order valence-corrected chi connectivity index (χ3v) is 4.06. The van der Waals surface area contributed by atoms with Crippen LogP contribution in [0.15, 0.2) is 35.8 Å². The molecule has 1 aromatic rings. The van der Waals surface area contributed by atoms with Gasteiger partial charge in [-0.3, -0.25) is 4.99 Å². The fourth-order valence-corrected chi connectivity index (χ4v) is 2.75. The summed E-state index contributed by atoms with van der Waals surface area (Å²) < 4.78 is 10.8. The smallest absolute Gasteiger partial charge is 0.191 e. The fourth-order valence-electron chi connectivity index (χ4n) is 2.75. The number of halogens is 1. The molecule has 6 heteroatoms. The van der Waals surface area contributed by atoms with Gasteiger partial charge in [0.1, 0.15) is 5.75 Å². The molecule has 1 aliphatic heterocycles. The highest BCUT2D eigenvalue weighted by Crippen LogP contribution is 2.20. The lowest BCUT2D eigenvalue weighted by Crippen LogP contribution is -2.45. The average Bonchev–Trinajstić information content (AvgIpc) is 2.60. The lowest BCUT2D eigenvalue weighted by Gasteiger charge is -2.25. The first-order chi connectivity index (χ1) is 11.7. The third kappa shape index (κ3) is 7.64. The third-order valence-electron chi connectivity index (χ3n) is 4.06. The van der Waals surface area contributed by atoms with Crippen molar-refractivity contribution in [3.05, 3.63) is 42.0 Å². The van der Waals surface area contributed by atoms with Gasteiger partial charge in [-0.2, -0.15) is 0 Å². The van der Waals surface area contributed by atoms with Gasteiger partial charge in [-0.1, -0.05) is 23.8 Å². The van der Waals surface area contributed by atoms with Crippen LogP contribution in [-0.2, 0) is 11.2 Å². The van der Waals surface area contributed by atoms with Gasteiger partial charge in [0.15, 0.2) is 5.96 Å². The SMILES string of the molecule is C=CCNC(=NCCc1cc(C)ccc1OC)NC1CCOCC1.I. The predicted molar refractivity (Wildman–Crippen MR) is 114 cm³/mol. The molecule has 1 fully saturated rings. The standard InChI is InChI=1S/C19H29N3O2.HI/c1-4-10-20-19(22-17-8-12-24-13-9-17)21-11-7-16-14-15(2)5-6-18(16)23-3;/h4-6,14,17H,1,7-13H2,2-3H3,(H2,20,21,22);1H. The summed E-state index contributed by atoms with van der Waals surface area (Å²) in [6.07, 6.45) is 4.71. The van der Waals surface area contributed by atoms with Crippen molar-refractivity contribution in [2.45, 2.75) is 32.2 Å². The van der Waals surface area contributed by atoms with E-state index in [1.165, 1.54) is 11.1 Å². The maximum Gasteiger partial charge on any atom is 0.191 e. The first kappa shape index (κ1) is 21.8. The van der Waals surface area contributed by atoms with Gasteiger partial charge in [-0.05, 0) is 37.8 Å². The van der Waals surface area contributed by atoms with Crippen molar-refractivity contribution in [1.82, 2.24) is 10.6 Å². The summed E-state index contributed by atoms with van der Waals surface area (Å²) in [6.45, 7) is 8.88. The topological polar surface area (TPSA) is 54.9 Å². The maximum absolute atomic E-state index is 5.44. The van der Waals surface area contributed by atoms with Gasteiger partial charge in [0.25, 0.3) is 0 Å². The van der Waals surface area contributed by atoms with Crippen molar-refractivity contribution >= 4 is 29.9 Å². The summed E-state index contributed by atoms with van der Waals surface area (Å²) in [6, 6.07) is 6.67. The molecule has 5 nitrogen and oxygen atoms in total. The Morgan fingerprint density at radius 2 is 2.16 bits per heavy atom. The van der Waals surface area contributed by atoms with Gasteiger partial charge in [0, 0.05) is 32.3 Å². The second-order valence-electron chi connectivity index (χ2n) is 6.00. The molecule has 0 amide bonds. The van der Waals surface area contributed by atoms with E-state index in [-0.39, 0.29) is 24.0 Å². The van der Waals surface area contributed by atoms with Gasteiger partial charge in [0.05, 0.1) is 7.11 Å². The Bertz CT molecular complexity index is 558. The zero-order chi connectivity index (χ0) is 17.2. The second-order valence-corrected chi connectivity index (χ2v) is 6.00. The Hall–Kier alpha value is -1.28. The Labute approximate surface area is 168 Å². The summed E-state index contributed by atoms with van der Waals surface area (Å²) in [4.78, 5) is 4.71. The lowest BCUT2D eigenvalue weighted by molar-refractivity contribution is 0.0822. The van der Waals surface area contributed by atoms with E-state index in [1.807, 2.05) is 12.1 Å². The number of rotatable bonds is 7. The Kier molecular flexibility index (Phi) is 10.6. The molecular weight excluding hydrogens is 429 g/mol. The maximum atomic E-state index is 5.44. The van der Waals surface area contributed by atoms with Gasteiger partial charge < -0.3 is 20.1 Å². The van der Waals surface area contributed by atoms with Crippen molar-refractivity contribution < 1.29 is 9.47 Å². The average molecular weight is 459 g/mol. The van der Waals surface area contributed by atoms with E-state index in [0.717, 1.165) is 44.2 Å². The van der Waals surface area contributed by atoms with Crippen molar-refractivity contribution in [2.24, 2.45) is 4.99 Å². The summed E-state index contributed by atoms with van der Waals surface area (Å²) >= 11 is 0. The number of methoxy groups -OCH3 is 1. The molecule has 0 aliphatic carbocycles. The minimum atomic E-state index is 0. The van der Waals surface area contributed by atoms with Gasteiger partial charge >= 0.3 is 0 Å². The summed E-state index contributed by atoms with van der Waals surface area (Å²) in [5.41, 5.74) is 2.43. The number of hydrogen-bond donors (Lipinski definition) is 2. The van der Waals surface area contributed by atoms with E-state index in [9.17, 15) is 0 Å². The van der Waals surface area contributed by atoms with Crippen LogP contribution in [0.3, 0.4) is 0 Å². The molecule has 0 radical (unpaired) electrons. The summed E-state index contributed by atoms with van der Waals surface area (Å²) in [5.74, 6) is 1.77. The summed E-state index contributed by atoms with van der Waals surface area (Å²) in [7, 11) is 1.71. The fraction of sp³-hybridized carbons (Fsp3) is 0.526. The van der Waals surface area contributed by atoms with Crippen molar-refractivity contribution in [2.75, 3.05) is 33.4 Å². The Morgan fingerprint density at radius 3 is 2.84 bits per heavy atom. The lowest BCUT2D eigenvalue weighted by atomic mass is 10.1. The van der Waals surface area contributed by atoms with E-state index in [4.69, 9.17) is 14.5 Å². The molecule has 140 valence electrons. The zero-order valence-electron chi connectivity index (χ0n) is 15.2. The first-order valence-electron chi connectivity index (χ1n) is 8.60. The van der Waals surface area contributed by atoms with Crippen LogP contribution in [0.5, 0.6) is 5.75 Å². The van der Waals surface area contributed by atoms with Gasteiger partial charge in [-0.15, -0.1) is 30.6 Å². The molecule has 1 aromatic carbocycles. The van der Waals surface area contributed by atoms with E-state index >= 15 is 0 Å². The molecule has 2 rings (SSSR count). The zero-order valence-corrected chi connectivity index (χ0v) is 17.5. The first-order valence-corrected chi connectivity index (χ1v) is 8.60. The molecular formula is C19H30IN3O2. The number of nitrogens with one attached hydrogen (secondary N) is 2. The number of hydrogen-bond acceptors (Lipinski definition) is 3. The van der Waals surface area contributed by atoms with Crippen LogP contribution in [-0.4, -0.2) is 45.4 Å². The van der Waals surface area contributed by atoms with Crippen molar-refractivity contribution in [1.29, 1.82) is 0 Å². The van der Waals surface area contributed by atoms with Crippen LogP contribution in [0.1, 0.15) is 24.0 Å². The molecule has 0 atom stereocenters. The van der Waals surface area contributed by atoms with Crippen molar-refractivity contribution in [3.8, 4) is 5.75 Å². The number of nitrogens with zero attached hydrogens (tertiary/aromatic N) is 1. The summed E-state index contributed by atoms with van der Waals surface area (Å²) in [5, 5.41) is 6.79. The van der Waals surface area contributed by atoms with E-state index in [1.54, 1.807) is 7.11 Å². The molecule has 0 unspecified atom stereocenters. The quantitative estimate of drug-likeness (QED) is 0.285. The molecule has 2 N–H and O–H groups in total. The van der Waals surface area contributed by atoms with Crippen LogP contribution in [0.2, 0.25) is 0 Å². The number of benzene rings is 1. The monoisotopic (exact) mass is 459 g/mol. The van der Waals surface area contributed by atoms with Crippen LogP contribution in [0, 0.1) is 6.92 Å². The second kappa shape index (κ2) is 12.1. The molecule has 0 aromatic heterocycles. The van der Waals surface area contributed by atoms with E-state index < -0.39 is 0 Å². The molecule has 1 heterocycles. The van der Waals surface area contributed by atoms with Gasteiger partial charge in [-0.25, -0.2) is 0 Å². The number of aliphatic imine (C=N–C) groups is 1. The van der Waals surface area contributed by atoms with Gasteiger partial charge in [0.2, 0.25) is 0 Å². The minimum Gasteiger partial charge on any atom is -0.496 e. The highest BCUT2D eigenvalue weighted by Gasteiger charge is 2.14. The van der Waals surface area contributed by atoms with E-state index in [0.29, 0.717) is 19.1 Å². The van der Waals surface area contributed by atoms with E-state index in [2.05, 4.69) is 36.3 Å². The minimum absolute atomic E-state index is 0. The number of guanidine groups is 1. The molecule has 0 bridgehead atoms. The van der Waals surface area contributed by atoms with Crippen molar-refractivity contribution in [3.63, 3.8) is 0 Å². The Morgan fingerprint density at radius 1 is 1.40 bits per heavy atom. The highest BCUT2D eigenvalue weighted by molar-refractivity contribution is 14.0. The predicted octanol–water partition coefficient (Wildman–Crippen LogP) is 3.06. The molecule has 25 heavy (non-hydrogen) atoms. The van der Waals surface area contributed by atoms with Crippen LogP contribution in [0.25, 0.3) is 0 Å². The molecule has 1 saturated heterocycles. The molecule has 1 aliphatic rings. The molecule has 0 saturated carbocycles. The van der Waals surface area contributed by atoms with Crippen LogP contribution < -0.4 is 15.4 Å². The highest BCUT2D eigenvalue weighted by atomic mass is 127. The largest absolute Gasteiger partial charge is 0.496 e. The van der Waals surface area contributed by atoms with Crippen LogP contribution >= 0.6 is 24.0 Å².